The molecule has 2 aliphatic rings. The molecule has 2 heterocycles. The number of nitrogens with zero attached hydrogens (tertiary/aromatic N) is 2. The Bertz CT molecular complexity index is 922. The van der Waals surface area contributed by atoms with E-state index in [1.165, 1.54) is 43.0 Å². The topological polar surface area (TPSA) is 24.9 Å². The molecule has 174 valence electrons. The fraction of sp³-hybridized carbons (Fsp3) is 0.538. The highest BCUT2D eigenvalue weighted by Crippen LogP contribution is 2.36. The van der Waals surface area contributed by atoms with E-state index < -0.39 is 0 Å². The molecule has 0 aromatic heterocycles. The normalized spacial score (nSPS) is 18.7. The van der Waals surface area contributed by atoms with Gasteiger partial charge in [-0.2, -0.15) is 0 Å². The van der Waals surface area contributed by atoms with E-state index in [1.807, 2.05) is 6.07 Å². The van der Waals surface area contributed by atoms with Crippen molar-refractivity contribution in [2.24, 2.45) is 5.92 Å². The molecule has 0 aliphatic carbocycles. The third-order valence-electron chi connectivity index (χ3n) is 7.19. The quantitative estimate of drug-likeness (QED) is 0.493. The largest absolute Gasteiger partial charge is 0.493 e. The van der Waals surface area contributed by atoms with Crippen molar-refractivity contribution < 1.29 is 13.9 Å². The van der Waals surface area contributed by atoms with Crippen molar-refractivity contribution >= 4 is 21.6 Å². The van der Waals surface area contributed by atoms with Gasteiger partial charge in [0.05, 0.1) is 14.2 Å². The van der Waals surface area contributed by atoms with Crippen molar-refractivity contribution in [2.45, 2.75) is 45.1 Å². The van der Waals surface area contributed by atoms with E-state index in [-0.39, 0.29) is 5.82 Å². The molecule has 2 aliphatic heterocycles. The predicted molar refractivity (Wildman–Crippen MR) is 132 cm³/mol. The molecule has 4 rings (SSSR count). The maximum Gasteiger partial charge on any atom is 0.162 e. The first kappa shape index (κ1) is 23.4. The predicted octanol–water partition coefficient (Wildman–Crippen LogP) is 5.84. The molecule has 2 aromatic carbocycles. The van der Waals surface area contributed by atoms with Crippen LogP contribution in [0.3, 0.4) is 0 Å². The first-order chi connectivity index (χ1) is 15.5. The number of aryl methyl sites for hydroxylation is 1. The zero-order valence-electron chi connectivity index (χ0n) is 19.4. The molecular formula is C26H34BrFN2O2. The lowest BCUT2D eigenvalue weighted by Gasteiger charge is -2.42. The Kier molecular flexibility index (Phi) is 7.62. The Hall–Kier alpha value is -1.79. The number of piperidine rings is 2. The molecule has 6 heteroatoms. The number of likely N-dealkylation sites (tertiary alicyclic amines) is 1. The molecule has 2 fully saturated rings. The number of hydrogen-bond donors (Lipinski definition) is 0. The van der Waals surface area contributed by atoms with Crippen molar-refractivity contribution in [2.75, 3.05) is 45.3 Å². The zero-order valence-corrected chi connectivity index (χ0v) is 21.0. The summed E-state index contributed by atoms with van der Waals surface area (Å²) in [5.74, 6) is 2.08. The summed E-state index contributed by atoms with van der Waals surface area (Å²) in [5.41, 5.74) is 3.58. The SMILES string of the molecule is COc1cc(C)c(N2CCC(N3CCC(Cc4cc(F)ccc4Br)CC3)CC2)cc1OC. The van der Waals surface area contributed by atoms with Gasteiger partial charge in [0, 0.05) is 35.4 Å². The van der Waals surface area contributed by atoms with Crippen LogP contribution in [0.15, 0.2) is 34.8 Å². The van der Waals surface area contributed by atoms with E-state index in [4.69, 9.17) is 9.47 Å². The van der Waals surface area contributed by atoms with Crippen molar-refractivity contribution in [3.63, 3.8) is 0 Å². The fourth-order valence-electron chi connectivity index (χ4n) is 5.32. The molecule has 0 saturated carbocycles. The Morgan fingerprint density at radius 3 is 2.25 bits per heavy atom. The summed E-state index contributed by atoms with van der Waals surface area (Å²) < 4.78 is 25.6. The maximum absolute atomic E-state index is 13.6. The maximum atomic E-state index is 13.6. The van der Waals surface area contributed by atoms with Crippen LogP contribution in [0.2, 0.25) is 0 Å². The minimum absolute atomic E-state index is 0.142. The fourth-order valence-corrected chi connectivity index (χ4v) is 5.72. The molecule has 0 bridgehead atoms. The summed E-state index contributed by atoms with van der Waals surface area (Å²) in [5, 5.41) is 0. The van der Waals surface area contributed by atoms with Gasteiger partial charge in [-0.15, -0.1) is 0 Å². The lowest BCUT2D eigenvalue weighted by atomic mass is 9.88. The summed E-state index contributed by atoms with van der Waals surface area (Å²) in [7, 11) is 3.38. The average molecular weight is 505 g/mol. The minimum atomic E-state index is -0.142. The molecule has 4 nitrogen and oxygen atoms in total. The summed E-state index contributed by atoms with van der Waals surface area (Å²) in [4.78, 5) is 5.18. The number of anilines is 1. The van der Waals surface area contributed by atoms with E-state index >= 15 is 0 Å². The van der Waals surface area contributed by atoms with E-state index in [1.54, 1.807) is 20.3 Å². The van der Waals surface area contributed by atoms with E-state index in [2.05, 4.69) is 44.8 Å². The zero-order chi connectivity index (χ0) is 22.7. The monoisotopic (exact) mass is 504 g/mol. The standard InChI is InChI=1S/C26H34BrFN2O2/c1-18-14-25(31-2)26(32-3)17-24(18)30-12-8-22(9-13-30)29-10-6-19(7-11-29)15-20-16-21(28)4-5-23(20)27/h4-5,14,16-17,19,22H,6-13,15H2,1-3H3. The third-order valence-corrected chi connectivity index (χ3v) is 7.96. The number of rotatable bonds is 6. The second kappa shape index (κ2) is 10.4. The van der Waals surface area contributed by atoms with Crippen molar-refractivity contribution in [1.82, 2.24) is 4.90 Å². The first-order valence-corrected chi connectivity index (χ1v) is 12.4. The summed E-state index contributed by atoms with van der Waals surface area (Å²) in [6, 6.07) is 9.88. The van der Waals surface area contributed by atoms with Gasteiger partial charge in [-0.25, -0.2) is 4.39 Å². The molecule has 0 atom stereocenters. The number of ether oxygens (including phenoxy) is 2. The Labute approximate surface area is 199 Å². The van der Waals surface area contributed by atoms with Crippen LogP contribution in [0.1, 0.15) is 36.8 Å². The van der Waals surface area contributed by atoms with E-state index in [0.717, 1.165) is 54.1 Å². The van der Waals surface area contributed by atoms with Crippen LogP contribution >= 0.6 is 15.9 Å². The number of hydrogen-bond acceptors (Lipinski definition) is 4. The van der Waals surface area contributed by atoms with Crippen LogP contribution in [0.5, 0.6) is 11.5 Å². The van der Waals surface area contributed by atoms with Crippen molar-refractivity contribution in [3.8, 4) is 11.5 Å². The second-order valence-electron chi connectivity index (χ2n) is 9.13. The van der Waals surface area contributed by atoms with Gasteiger partial charge in [-0.3, -0.25) is 0 Å². The van der Waals surface area contributed by atoms with Gasteiger partial charge < -0.3 is 19.3 Å². The Balaban J connectivity index is 1.30. The smallest absolute Gasteiger partial charge is 0.162 e. The van der Waals surface area contributed by atoms with Crippen LogP contribution in [0.4, 0.5) is 10.1 Å². The molecule has 0 amide bonds. The van der Waals surface area contributed by atoms with Gasteiger partial charge in [0.25, 0.3) is 0 Å². The van der Waals surface area contributed by atoms with Gasteiger partial charge >= 0.3 is 0 Å². The van der Waals surface area contributed by atoms with Gasteiger partial charge in [-0.05, 0) is 93.4 Å². The summed E-state index contributed by atoms with van der Waals surface area (Å²) >= 11 is 3.58. The highest BCUT2D eigenvalue weighted by molar-refractivity contribution is 9.10. The second-order valence-corrected chi connectivity index (χ2v) is 9.99. The summed E-state index contributed by atoms with van der Waals surface area (Å²) in [6.07, 6.45) is 5.72. The molecule has 2 saturated heterocycles. The highest BCUT2D eigenvalue weighted by atomic mass is 79.9. The molecule has 0 unspecified atom stereocenters. The molecule has 0 spiro atoms. The van der Waals surface area contributed by atoms with Crippen LogP contribution in [0.25, 0.3) is 0 Å². The number of benzene rings is 2. The molecule has 32 heavy (non-hydrogen) atoms. The van der Waals surface area contributed by atoms with Crippen LogP contribution < -0.4 is 14.4 Å². The lowest BCUT2D eigenvalue weighted by molar-refractivity contribution is 0.115. The van der Waals surface area contributed by atoms with Crippen molar-refractivity contribution in [1.29, 1.82) is 0 Å². The van der Waals surface area contributed by atoms with Gasteiger partial charge in [0.15, 0.2) is 11.5 Å². The minimum Gasteiger partial charge on any atom is -0.493 e. The van der Waals surface area contributed by atoms with Crippen molar-refractivity contribution in [3.05, 3.63) is 51.7 Å². The molecular weight excluding hydrogens is 471 g/mol. The third kappa shape index (κ3) is 5.23. The summed E-state index contributed by atoms with van der Waals surface area (Å²) in [6.45, 7) is 6.58. The first-order valence-electron chi connectivity index (χ1n) is 11.6. The van der Waals surface area contributed by atoms with Gasteiger partial charge in [0.2, 0.25) is 0 Å². The van der Waals surface area contributed by atoms with Crippen LogP contribution in [-0.4, -0.2) is 51.3 Å². The molecule has 0 N–H and O–H groups in total. The van der Waals surface area contributed by atoms with E-state index in [0.29, 0.717) is 12.0 Å². The Morgan fingerprint density at radius 1 is 0.938 bits per heavy atom. The van der Waals surface area contributed by atoms with Gasteiger partial charge in [-0.1, -0.05) is 15.9 Å². The Morgan fingerprint density at radius 2 is 1.59 bits per heavy atom. The van der Waals surface area contributed by atoms with Crippen LogP contribution in [-0.2, 0) is 6.42 Å². The number of halogens is 2. The lowest BCUT2D eigenvalue weighted by Crippen LogP contribution is -2.48. The van der Waals surface area contributed by atoms with Crippen LogP contribution in [0, 0.1) is 18.7 Å². The highest BCUT2D eigenvalue weighted by Gasteiger charge is 2.29. The number of methoxy groups -OCH3 is 2. The average Bonchev–Trinajstić information content (AvgIpc) is 2.82. The van der Waals surface area contributed by atoms with Gasteiger partial charge in [0.1, 0.15) is 5.82 Å². The molecule has 2 aromatic rings. The van der Waals surface area contributed by atoms with E-state index in [9.17, 15) is 4.39 Å². The molecule has 0 radical (unpaired) electrons.